The molecule has 44 heavy (non-hydrogen) atoms. The summed E-state index contributed by atoms with van der Waals surface area (Å²) in [6, 6.07) is 17.4. The molecule has 0 radical (unpaired) electrons. The number of amides is 2. The fourth-order valence-electron chi connectivity index (χ4n) is 5.48. The number of nitrogens with zero attached hydrogens (tertiary/aromatic N) is 2. The Kier molecular flexibility index (Phi) is 11.2. The van der Waals surface area contributed by atoms with E-state index < -0.39 is 34.3 Å². The van der Waals surface area contributed by atoms with Crippen LogP contribution in [0.2, 0.25) is 0 Å². The number of sulfonamides is 1. The topological polar surface area (TPSA) is 105 Å². The van der Waals surface area contributed by atoms with Gasteiger partial charge < -0.3 is 19.7 Å². The maximum Gasteiger partial charge on any atom is 0.264 e. The molecule has 3 aromatic carbocycles. The van der Waals surface area contributed by atoms with Gasteiger partial charge in [-0.05, 0) is 61.2 Å². The second-order valence-corrected chi connectivity index (χ2v) is 12.6. The lowest BCUT2D eigenvalue weighted by molar-refractivity contribution is -0.140. The summed E-state index contributed by atoms with van der Waals surface area (Å²) in [5, 5.41) is 3.11. The number of halogens is 1. The third-order valence-corrected chi connectivity index (χ3v) is 9.64. The summed E-state index contributed by atoms with van der Waals surface area (Å²) in [4.78, 5) is 29.1. The quantitative estimate of drug-likeness (QED) is 0.277. The number of para-hydroxylation sites is 1. The summed E-state index contributed by atoms with van der Waals surface area (Å²) in [7, 11) is -1.44. The van der Waals surface area contributed by atoms with Gasteiger partial charge in [0.2, 0.25) is 11.8 Å². The van der Waals surface area contributed by atoms with Gasteiger partial charge in [-0.15, -0.1) is 0 Å². The monoisotopic (exact) mass is 625 g/mol. The van der Waals surface area contributed by atoms with E-state index in [0.29, 0.717) is 17.7 Å². The smallest absolute Gasteiger partial charge is 0.264 e. The highest BCUT2D eigenvalue weighted by molar-refractivity contribution is 7.92. The molecule has 1 N–H and O–H groups in total. The molecule has 0 spiro atoms. The summed E-state index contributed by atoms with van der Waals surface area (Å²) in [6.45, 7) is 1.23. The van der Waals surface area contributed by atoms with E-state index >= 15 is 0 Å². The lowest BCUT2D eigenvalue weighted by atomic mass is 9.95. The molecule has 0 bridgehead atoms. The SMILES string of the molecule is CC[C@@H](C(=O)NC1CCCCC1)N(Cc1ccc(F)cc1)C(=O)CN(c1ccccc1)S(=O)(=O)c1ccc(OC)c(OC)c1. The minimum Gasteiger partial charge on any atom is -0.493 e. The van der Waals surface area contributed by atoms with Gasteiger partial charge in [0.1, 0.15) is 18.4 Å². The Morgan fingerprint density at radius 3 is 2.20 bits per heavy atom. The summed E-state index contributed by atoms with van der Waals surface area (Å²) in [5.74, 6) is -0.716. The maximum atomic E-state index is 14.2. The number of carbonyl (C=O) groups excluding carboxylic acids is 2. The third kappa shape index (κ3) is 7.88. The molecule has 9 nitrogen and oxygen atoms in total. The molecule has 236 valence electrons. The predicted molar refractivity (Wildman–Crippen MR) is 167 cm³/mol. The molecule has 0 aliphatic heterocycles. The van der Waals surface area contributed by atoms with Gasteiger partial charge in [0, 0.05) is 18.7 Å². The van der Waals surface area contributed by atoms with Gasteiger partial charge in [-0.3, -0.25) is 13.9 Å². The summed E-state index contributed by atoms with van der Waals surface area (Å²) in [6.07, 6.45) is 5.24. The van der Waals surface area contributed by atoms with E-state index in [-0.39, 0.29) is 34.8 Å². The molecule has 2 amide bonds. The highest BCUT2D eigenvalue weighted by atomic mass is 32.2. The van der Waals surface area contributed by atoms with Gasteiger partial charge in [0.15, 0.2) is 11.5 Å². The largest absolute Gasteiger partial charge is 0.493 e. The zero-order valence-electron chi connectivity index (χ0n) is 25.4. The van der Waals surface area contributed by atoms with Crippen LogP contribution in [0.3, 0.4) is 0 Å². The van der Waals surface area contributed by atoms with Crippen molar-refractivity contribution in [2.75, 3.05) is 25.1 Å². The van der Waals surface area contributed by atoms with E-state index in [0.717, 1.165) is 36.4 Å². The van der Waals surface area contributed by atoms with Gasteiger partial charge >= 0.3 is 0 Å². The Hall–Kier alpha value is -4.12. The molecule has 1 saturated carbocycles. The molecule has 0 saturated heterocycles. The van der Waals surface area contributed by atoms with E-state index in [1.54, 1.807) is 42.5 Å². The van der Waals surface area contributed by atoms with E-state index in [2.05, 4.69) is 5.32 Å². The number of benzene rings is 3. The van der Waals surface area contributed by atoms with Crippen LogP contribution >= 0.6 is 0 Å². The highest BCUT2D eigenvalue weighted by Gasteiger charge is 2.34. The molecule has 3 aromatic rings. The first-order chi connectivity index (χ1) is 21.2. The van der Waals surface area contributed by atoms with Crippen molar-refractivity contribution < 1.29 is 31.9 Å². The zero-order valence-corrected chi connectivity index (χ0v) is 26.2. The molecule has 0 unspecified atom stereocenters. The number of hydrogen-bond donors (Lipinski definition) is 1. The lowest BCUT2D eigenvalue weighted by Crippen LogP contribution is -2.54. The Labute approximate surface area is 259 Å². The summed E-state index contributed by atoms with van der Waals surface area (Å²) >= 11 is 0. The Morgan fingerprint density at radius 2 is 1.59 bits per heavy atom. The third-order valence-electron chi connectivity index (χ3n) is 7.87. The predicted octanol–water partition coefficient (Wildman–Crippen LogP) is 5.29. The molecular weight excluding hydrogens is 585 g/mol. The Morgan fingerprint density at radius 1 is 0.932 bits per heavy atom. The van der Waals surface area contributed by atoms with Crippen LogP contribution in [0.5, 0.6) is 11.5 Å². The second-order valence-electron chi connectivity index (χ2n) is 10.8. The molecule has 0 heterocycles. The van der Waals surface area contributed by atoms with Gasteiger partial charge in [0.05, 0.1) is 24.8 Å². The molecule has 1 aliphatic rings. The normalized spacial score (nSPS) is 14.4. The lowest BCUT2D eigenvalue weighted by Gasteiger charge is -2.34. The van der Waals surface area contributed by atoms with Crippen LogP contribution in [0.15, 0.2) is 77.7 Å². The van der Waals surface area contributed by atoms with Crippen molar-refractivity contribution in [1.82, 2.24) is 10.2 Å². The fraction of sp³-hybridized carbons (Fsp3) is 0.394. The zero-order chi connectivity index (χ0) is 31.7. The number of carbonyl (C=O) groups is 2. The Bertz CT molecular complexity index is 1510. The molecule has 1 aliphatic carbocycles. The number of ether oxygens (including phenoxy) is 2. The van der Waals surface area contributed by atoms with Crippen LogP contribution in [-0.4, -0.2) is 58.0 Å². The van der Waals surface area contributed by atoms with Crippen molar-refractivity contribution in [2.24, 2.45) is 0 Å². The van der Waals surface area contributed by atoms with E-state index in [1.807, 2.05) is 6.92 Å². The maximum absolute atomic E-state index is 14.2. The molecule has 1 atom stereocenters. The number of hydrogen-bond acceptors (Lipinski definition) is 6. The van der Waals surface area contributed by atoms with Crippen molar-refractivity contribution in [2.45, 2.75) is 69.0 Å². The molecule has 4 rings (SSSR count). The van der Waals surface area contributed by atoms with Crippen LogP contribution in [-0.2, 0) is 26.2 Å². The Balaban J connectivity index is 1.71. The van der Waals surface area contributed by atoms with Gasteiger partial charge in [-0.1, -0.05) is 56.5 Å². The fourth-order valence-corrected chi connectivity index (χ4v) is 6.91. The minimum absolute atomic E-state index is 0.00522. The number of rotatable bonds is 13. The van der Waals surface area contributed by atoms with Crippen LogP contribution in [0.4, 0.5) is 10.1 Å². The standard InChI is InChI=1S/C33H40FN3O6S/c1-4-29(33(39)35-26-11-7-5-8-12-26)36(22-24-15-17-25(34)18-16-24)32(38)23-37(27-13-9-6-10-14-27)44(40,41)28-19-20-30(42-2)31(21-28)43-3/h6,9-10,13-21,26,29H,4-5,7-8,11-12,22-23H2,1-3H3,(H,35,39)/t29-/m0/s1. The van der Waals surface area contributed by atoms with Crippen molar-refractivity contribution in [1.29, 1.82) is 0 Å². The first kappa shape index (κ1) is 32.8. The molecular formula is C33H40FN3O6S. The molecule has 1 fully saturated rings. The van der Waals surface area contributed by atoms with Crippen molar-refractivity contribution in [3.05, 3.63) is 84.2 Å². The van der Waals surface area contributed by atoms with Gasteiger partial charge in [-0.25, -0.2) is 12.8 Å². The number of nitrogens with one attached hydrogen (secondary N) is 1. The minimum atomic E-state index is -4.29. The van der Waals surface area contributed by atoms with Crippen LogP contribution < -0.4 is 19.1 Å². The van der Waals surface area contributed by atoms with Crippen LogP contribution in [0, 0.1) is 5.82 Å². The van der Waals surface area contributed by atoms with Gasteiger partial charge in [0.25, 0.3) is 10.0 Å². The van der Waals surface area contributed by atoms with Crippen LogP contribution in [0.1, 0.15) is 51.0 Å². The summed E-state index contributed by atoms with van der Waals surface area (Å²) in [5.41, 5.74) is 0.884. The molecule has 11 heteroatoms. The van der Waals surface area contributed by atoms with Gasteiger partial charge in [-0.2, -0.15) is 0 Å². The molecule has 0 aromatic heterocycles. The van der Waals surface area contributed by atoms with E-state index in [4.69, 9.17) is 9.47 Å². The first-order valence-electron chi connectivity index (χ1n) is 14.8. The summed E-state index contributed by atoms with van der Waals surface area (Å²) < 4.78 is 53.6. The van der Waals surface area contributed by atoms with Crippen molar-refractivity contribution >= 4 is 27.5 Å². The average Bonchev–Trinajstić information content (AvgIpc) is 3.04. The van der Waals surface area contributed by atoms with E-state index in [9.17, 15) is 22.4 Å². The van der Waals surface area contributed by atoms with E-state index in [1.165, 1.54) is 49.5 Å². The number of methoxy groups -OCH3 is 2. The highest BCUT2D eigenvalue weighted by Crippen LogP contribution is 2.32. The second kappa shape index (κ2) is 15.1. The number of anilines is 1. The van der Waals surface area contributed by atoms with Crippen molar-refractivity contribution in [3.8, 4) is 11.5 Å². The first-order valence-corrected chi connectivity index (χ1v) is 16.3. The van der Waals surface area contributed by atoms with Crippen molar-refractivity contribution in [3.63, 3.8) is 0 Å². The van der Waals surface area contributed by atoms with Crippen LogP contribution in [0.25, 0.3) is 0 Å². The average molecular weight is 626 g/mol.